The van der Waals surface area contributed by atoms with Gasteiger partial charge in [0.25, 0.3) is 5.91 Å². The summed E-state index contributed by atoms with van der Waals surface area (Å²) in [5.41, 5.74) is 7.30. The Bertz CT molecular complexity index is 672. The molecule has 0 spiro atoms. The maximum atomic E-state index is 12.2. The number of nitrogens with one attached hydrogen (secondary N) is 4. The predicted molar refractivity (Wildman–Crippen MR) is 87.9 cm³/mol. The van der Waals surface area contributed by atoms with Gasteiger partial charge in [0.1, 0.15) is 6.04 Å². The fourth-order valence-electron chi connectivity index (χ4n) is 2.61. The topological polar surface area (TPSA) is 95.4 Å². The summed E-state index contributed by atoms with van der Waals surface area (Å²) >= 11 is 0. The second-order valence-corrected chi connectivity index (χ2v) is 5.56. The first-order valence-corrected chi connectivity index (χ1v) is 7.89. The highest BCUT2D eigenvalue weighted by Crippen LogP contribution is 2.21. The summed E-state index contributed by atoms with van der Waals surface area (Å²) in [4.78, 5) is 23.8. The molecule has 2 heterocycles. The zero-order chi connectivity index (χ0) is 16.8. The Hall–Kier alpha value is -2.64. The van der Waals surface area contributed by atoms with Crippen molar-refractivity contribution in [1.82, 2.24) is 21.5 Å². The lowest BCUT2D eigenvalue weighted by Gasteiger charge is -2.11. The van der Waals surface area contributed by atoms with Gasteiger partial charge in [-0.05, 0) is 24.1 Å². The van der Waals surface area contributed by atoms with Crippen molar-refractivity contribution in [3.8, 4) is 0 Å². The lowest BCUT2D eigenvalue weighted by Crippen LogP contribution is -2.45. The minimum absolute atomic E-state index is 0.0896. The smallest absolute Gasteiger partial charge is 0.287 e. The average Bonchev–Trinajstić information content (AvgIpc) is 3.31. The number of hydrogen-bond donors (Lipinski definition) is 4. The van der Waals surface area contributed by atoms with Crippen molar-refractivity contribution in [3.63, 3.8) is 0 Å². The standard InChI is InChI=1S/C17H20N4O3/c22-16(18-8-9-19-17(23)15-7-4-10-24-15)14-11-13(20-21-14)12-5-2-1-3-6-12/h1-7,10,13-14,20-21H,8-9,11H2,(H,18,22)(H,19,23). The molecule has 1 aliphatic heterocycles. The Morgan fingerprint density at radius 1 is 1.04 bits per heavy atom. The van der Waals surface area contributed by atoms with Crippen LogP contribution in [0, 0.1) is 0 Å². The molecule has 2 amide bonds. The van der Waals surface area contributed by atoms with Crippen LogP contribution in [0.4, 0.5) is 0 Å². The van der Waals surface area contributed by atoms with Gasteiger partial charge in [0.2, 0.25) is 5.91 Å². The van der Waals surface area contributed by atoms with Crippen LogP contribution in [0.1, 0.15) is 28.6 Å². The lowest BCUT2D eigenvalue weighted by molar-refractivity contribution is -0.122. The number of furan rings is 1. The van der Waals surface area contributed by atoms with E-state index in [1.54, 1.807) is 12.1 Å². The number of amides is 2. The molecule has 0 bridgehead atoms. The molecule has 2 atom stereocenters. The third kappa shape index (κ3) is 4.01. The van der Waals surface area contributed by atoms with E-state index < -0.39 is 0 Å². The van der Waals surface area contributed by atoms with E-state index >= 15 is 0 Å². The number of hydrogen-bond acceptors (Lipinski definition) is 5. The van der Waals surface area contributed by atoms with Gasteiger partial charge >= 0.3 is 0 Å². The molecule has 1 saturated heterocycles. The van der Waals surface area contributed by atoms with Gasteiger partial charge in [-0.25, -0.2) is 10.9 Å². The first-order chi connectivity index (χ1) is 11.7. The number of benzene rings is 1. The van der Waals surface area contributed by atoms with Gasteiger partial charge in [-0.2, -0.15) is 0 Å². The minimum Gasteiger partial charge on any atom is -0.459 e. The Balaban J connectivity index is 1.38. The zero-order valence-electron chi connectivity index (χ0n) is 13.1. The highest BCUT2D eigenvalue weighted by Gasteiger charge is 2.29. The average molecular weight is 328 g/mol. The Labute approximate surface area is 139 Å². The number of carbonyl (C=O) groups is 2. The van der Waals surface area contributed by atoms with Crippen molar-refractivity contribution in [2.75, 3.05) is 13.1 Å². The van der Waals surface area contributed by atoms with E-state index in [0.29, 0.717) is 19.5 Å². The van der Waals surface area contributed by atoms with Crippen molar-refractivity contribution < 1.29 is 14.0 Å². The molecule has 0 radical (unpaired) electrons. The fraction of sp³-hybridized carbons (Fsp3) is 0.294. The molecular formula is C17H20N4O3. The van der Waals surface area contributed by atoms with Gasteiger partial charge in [0.05, 0.1) is 6.26 Å². The molecule has 7 nitrogen and oxygen atoms in total. The van der Waals surface area contributed by atoms with Crippen LogP contribution in [-0.4, -0.2) is 30.9 Å². The fourth-order valence-corrected chi connectivity index (χ4v) is 2.61. The van der Waals surface area contributed by atoms with Crippen LogP contribution in [0.2, 0.25) is 0 Å². The Kier molecular flexibility index (Phi) is 5.25. The van der Waals surface area contributed by atoms with E-state index in [9.17, 15) is 9.59 Å². The number of rotatable bonds is 6. The Morgan fingerprint density at radius 3 is 2.58 bits per heavy atom. The van der Waals surface area contributed by atoms with Crippen LogP contribution < -0.4 is 21.5 Å². The monoisotopic (exact) mass is 328 g/mol. The first-order valence-electron chi connectivity index (χ1n) is 7.89. The van der Waals surface area contributed by atoms with Gasteiger partial charge < -0.3 is 15.1 Å². The molecule has 1 aromatic carbocycles. The highest BCUT2D eigenvalue weighted by molar-refractivity contribution is 5.91. The third-order valence-corrected chi connectivity index (χ3v) is 3.88. The van der Waals surface area contributed by atoms with E-state index in [1.165, 1.54) is 6.26 Å². The molecule has 0 saturated carbocycles. The molecule has 4 N–H and O–H groups in total. The molecule has 24 heavy (non-hydrogen) atoms. The SMILES string of the molecule is O=C(NCCNC(=O)C1CC(c2ccccc2)NN1)c1ccco1. The van der Waals surface area contributed by atoms with Crippen LogP contribution in [0.15, 0.2) is 53.1 Å². The summed E-state index contributed by atoms with van der Waals surface area (Å²) in [6.45, 7) is 0.701. The predicted octanol–water partition coefficient (Wildman–Crippen LogP) is 0.733. The molecule has 2 unspecified atom stereocenters. The lowest BCUT2D eigenvalue weighted by atomic mass is 10.0. The van der Waals surface area contributed by atoms with Crippen LogP contribution in [0.3, 0.4) is 0 Å². The molecule has 7 heteroatoms. The van der Waals surface area contributed by atoms with Crippen LogP contribution in [0.5, 0.6) is 0 Å². The molecule has 3 rings (SSSR count). The maximum absolute atomic E-state index is 12.2. The first kappa shape index (κ1) is 16.2. The third-order valence-electron chi connectivity index (χ3n) is 3.88. The van der Waals surface area contributed by atoms with Gasteiger partial charge in [-0.1, -0.05) is 30.3 Å². The largest absolute Gasteiger partial charge is 0.459 e. The summed E-state index contributed by atoms with van der Waals surface area (Å²) in [5.74, 6) is -0.124. The molecule has 0 aliphatic carbocycles. The second-order valence-electron chi connectivity index (χ2n) is 5.56. The number of hydrazine groups is 1. The number of carbonyl (C=O) groups excluding carboxylic acids is 2. The summed E-state index contributed by atoms with van der Waals surface area (Å²) in [6, 6.07) is 13.0. The molecule has 1 fully saturated rings. The quantitative estimate of drug-likeness (QED) is 0.587. The molecule has 2 aromatic rings. The maximum Gasteiger partial charge on any atom is 0.287 e. The second kappa shape index (κ2) is 7.76. The van der Waals surface area contributed by atoms with Gasteiger partial charge in [-0.15, -0.1) is 0 Å². The van der Waals surface area contributed by atoms with Crippen molar-refractivity contribution >= 4 is 11.8 Å². The van der Waals surface area contributed by atoms with E-state index in [-0.39, 0.29) is 29.7 Å². The molecular weight excluding hydrogens is 308 g/mol. The van der Waals surface area contributed by atoms with Crippen molar-refractivity contribution in [1.29, 1.82) is 0 Å². The van der Waals surface area contributed by atoms with Gasteiger partial charge in [0, 0.05) is 19.1 Å². The van der Waals surface area contributed by atoms with E-state index in [2.05, 4.69) is 21.5 Å². The van der Waals surface area contributed by atoms with Crippen molar-refractivity contribution in [3.05, 3.63) is 60.1 Å². The summed E-state index contributed by atoms with van der Waals surface area (Å²) in [7, 11) is 0. The van der Waals surface area contributed by atoms with Crippen LogP contribution in [-0.2, 0) is 4.79 Å². The summed E-state index contributed by atoms with van der Waals surface area (Å²) < 4.78 is 4.99. The molecule has 1 aliphatic rings. The zero-order valence-corrected chi connectivity index (χ0v) is 13.1. The van der Waals surface area contributed by atoms with E-state index in [1.807, 2.05) is 30.3 Å². The summed E-state index contributed by atoms with van der Waals surface area (Å²) in [6.07, 6.45) is 2.12. The highest BCUT2D eigenvalue weighted by atomic mass is 16.3. The molecule has 1 aromatic heterocycles. The van der Waals surface area contributed by atoms with Gasteiger partial charge in [0.15, 0.2) is 5.76 Å². The summed E-state index contributed by atoms with van der Waals surface area (Å²) in [5, 5.41) is 5.49. The van der Waals surface area contributed by atoms with E-state index in [0.717, 1.165) is 5.56 Å². The Morgan fingerprint density at radius 2 is 1.83 bits per heavy atom. The van der Waals surface area contributed by atoms with Gasteiger partial charge in [-0.3, -0.25) is 9.59 Å². The van der Waals surface area contributed by atoms with Crippen LogP contribution in [0.25, 0.3) is 0 Å². The normalized spacial score (nSPS) is 19.8. The van der Waals surface area contributed by atoms with E-state index in [4.69, 9.17) is 4.42 Å². The van der Waals surface area contributed by atoms with Crippen molar-refractivity contribution in [2.45, 2.75) is 18.5 Å². The van der Waals surface area contributed by atoms with Crippen molar-refractivity contribution in [2.24, 2.45) is 0 Å². The minimum atomic E-state index is -0.295. The molecule has 126 valence electrons. The van der Waals surface area contributed by atoms with Crippen LogP contribution >= 0.6 is 0 Å².